The summed E-state index contributed by atoms with van der Waals surface area (Å²) in [5.41, 5.74) is 2.69. The second kappa shape index (κ2) is 7.52. The molecular formula is C21H19NO5S. The van der Waals surface area contributed by atoms with E-state index < -0.39 is 5.97 Å². The number of nitrogens with zero attached hydrogens (tertiary/aromatic N) is 1. The maximum absolute atomic E-state index is 12.5. The van der Waals surface area contributed by atoms with E-state index in [-0.39, 0.29) is 19.2 Å². The van der Waals surface area contributed by atoms with Crippen molar-refractivity contribution in [2.45, 2.75) is 20.4 Å². The van der Waals surface area contributed by atoms with Crippen molar-refractivity contribution in [1.82, 2.24) is 4.57 Å². The number of aryl methyl sites for hydroxylation is 1. The number of Topliss-reactive ketones (excluding diaryl/α,β-unsaturated/α-hetero) is 1. The van der Waals surface area contributed by atoms with E-state index in [0.29, 0.717) is 29.2 Å². The van der Waals surface area contributed by atoms with Gasteiger partial charge in [-0.05, 0) is 49.6 Å². The number of benzene rings is 1. The molecule has 1 aliphatic rings. The molecule has 1 aliphatic heterocycles. The highest BCUT2D eigenvalue weighted by molar-refractivity contribution is 7.09. The van der Waals surface area contributed by atoms with E-state index in [2.05, 4.69) is 10.6 Å². The number of fused-ring (bicyclic) bond motifs is 1. The van der Waals surface area contributed by atoms with Crippen LogP contribution in [-0.2, 0) is 11.3 Å². The molecule has 6 nitrogen and oxygen atoms in total. The molecule has 0 bridgehead atoms. The zero-order chi connectivity index (χ0) is 19.7. The van der Waals surface area contributed by atoms with Gasteiger partial charge in [-0.15, -0.1) is 11.3 Å². The molecule has 0 saturated heterocycles. The summed E-state index contributed by atoms with van der Waals surface area (Å²) in [4.78, 5) is 26.1. The largest absolute Gasteiger partial charge is 0.454 e. The van der Waals surface area contributed by atoms with Crippen molar-refractivity contribution in [3.63, 3.8) is 0 Å². The van der Waals surface area contributed by atoms with Gasteiger partial charge >= 0.3 is 5.97 Å². The minimum absolute atomic E-state index is 0.142. The van der Waals surface area contributed by atoms with Gasteiger partial charge in [0.15, 0.2) is 23.9 Å². The van der Waals surface area contributed by atoms with Gasteiger partial charge < -0.3 is 18.8 Å². The van der Waals surface area contributed by atoms with E-state index in [1.54, 1.807) is 35.6 Å². The number of carbonyl (C=O) groups is 2. The van der Waals surface area contributed by atoms with Gasteiger partial charge in [-0.3, -0.25) is 4.79 Å². The molecule has 144 valence electrons. The number of hydrogen-bond acceptors (Lipinski definition) is 6. The third-order valence-electron chi connectivity index (χ3n) is 4.72. The highest BCUT2D eigenvalue weighted by atomic mass is 32.1. The summed E-state index contributed by atoms with van der Waals surface area (Å²) in [6.07, 6.45) is 0. The Morgan fingerprint density at radius 1 is 1.14 bits per heavy atom. The molecule has 2 aromatic heterocycles. The smallest absolute Gasteiger partial charge is 0.340 e. The van der Waals surface area contributed by atoms with Gasteiger partial charge in [-0.1, -0.05) is 6.07 Å². The fraction of sp³-hybridized carbons (Fsp3) is 0.238. The zero-order valence-electron chi connectivity index (χ0n) is 15.6. The van der Waals surface area contributed by atoms with E-state index in [4.69, 9.17) is 14.2 Å². The van der Waals surface area contributed by atoms with Crippen LogP contribution in [0.3, 0.4) is 0 Å². The summed E-state index contributed by atoms with van der Waals surface area (Å²) in [6.45, 7) is 4.36. The first-order valence-corrected chi connectivity index (χ1v) is 9.70. The lowest BCUT2D eigenvalue weighted by Gasteiger charge is -2.08. The first-order valence-electron chi connectivity index (χ1n) is 8.82. The van der Waals surface area contributed by atoms with Gasteiger partial charge in [0.25, 0.3) is 0 Å². The number of carbonyl (C=O) groups excluding carboxylic acids is 2. The van der Waals surface area contributed by atoms with Crippen LogP contribution in [0.25, 0.3) is 0 Å². The van der Waals surface area contributed by atoms with Crippen LogP contribution in [0.4, 0.5) is 0 Å². The molecule has 3 aromatic rings. The van der Waals surface area contributed by atoms with Crippen LogP contribution < -0.4 is 9.47 Å². The van der Waals surface area contributed by atoms with E-state index in [9.17, 15) is 9.59 Å². The average molecular weight is 397 g/mol. The van der Waals surface area contributed by atoms with E-state index in [0.717, 1.165) is 11.4 Å². The number of rotatable bonds is 6. The van der Waals surface area contributed by atoms with Crippen LogP contribution in [0.15, 0.2) is 41.8 Å². The number of aromatic nitrogens is 1. The van der Waals surface area contributed by atoms with Gasteiger partial charge in [0.1, 0.15) is 0 Å². The van der Waals surface area contributed by atoms with Crippen molar-refractivity contribution in [2.75, 3.05) is 13.4 Å². The summed E-state index contributed by atoms with van der Waals surface area (Å²) in [5, 5.41) is 2.03. The molecule has 0 radical (unpaired) electrons. The van der Waals surface area contributed by atoms with E-state index in [1.165, 1.54) is 4.88 Å². The molecular weight excluding hydrogens is 378 g/mol. The third-order valence-corrected chi connectivity index (χ3v) is 5.58. The maximum Gasteiger partial charge on any atom is 0.340 e. The summed E-state index contributed by atoms with van der Waals surface area (Å²) in [6, 6.07) is 10.8. The molecule has 0 fully saturated rings. The van der Waals surface area contributed by atoms with Crippen molar-refractivity contribution in [3.8, 4) is 11.5 Å². The first-order chi connectivity index (χ1) is 13.5. The minimum atomic E-state index is -0.500. The molecule has 0 aliphatic carbocycles. The predicted octanol–water partition coefficient (Wildman–Crippen LogP) is 3.98. The van der Waals surface area contributed by atoms with Gasteiger partial charge in [0.2, 0.25) is 6.79 Å². The first kappa shape index (κ1) is 18.3. The Hall–Kier alpha value is -3.06. The van der Waals surface area contributed by atoms with Crippen molar-refractivity contribution < 1.29 is 23.8 Å². The van der Waals surface area contributed by atoms with Crippen LogP contribution in [0.2, 0.25) is 0 Å². The highest BCUT2D eigenvalue weighted by Gasteiger charge is 2.20. The van der Waals surface area contributed by atoms with Crippen molar-refractivity contribution >= 4 is 23.1 Å². The fourth-order valence-corrected chi connectivity index (χ4v) is 3.86. The minimum Gasteiger partial charge on any atom is -0.454 e. The second-order valence-corrected chi connectivity index (χ2v) is 7.55. The Kier molecular flexibility index (Phi) is 4.92. The SMILES string of the molecule is Cc1cc(C(=O)OCC(=O)c2ccc3c(c2)OCO3)c(C)n1Cc1cccs1. The molecule has 0 unspecified atom stereocenters. The standard InChI is InChI=1S/C21H19NO5S/c1-13-8-17(14(2)22(13)10-16-4-3-7-28-16)21(24)25-11-18(23)15-5-6-19-20(9-15)27-12-26-19/h3-9H,10-12H2,1-2H3. The van der Waals surface area contributed by atoms with Crippen molar-refractivity contribution in [2.24, 2.45) is 0 Å². The Bertz CT molecular complexity index is 1040. The lowest BCUT2D eigenvalue weighted by molar-refractivity contribution is 0.0474. The molecule has 0 spiro atoms. The Morgan fingerprint density at radius 2 is 1.96 bits per heavy atom. The Labute approximate surface area is 166 Å². The van der Waals surface area contributed by atoms with E-state index in [1.807, 2.05) is 25.3 Å². The molecule has 28 heavy (non-hydrogen) atoms. The average Bonchev–Trinajstić information content (AvgIpc) is 3.42. The topological polar surface area (TPSA) is 66.8 Å². The molecule has 3 heterocycles. The number of ether oxygens (including phenoxy) is 3. The van der Waals surface area contributed by atoms with Gasteiger partial charge in [-0.25, -0.2) is 4.79 Å². The number of hydrogen-bond donors (Lipinski definition) is 0. The van der Waals surface area contributed by atoms with Crippen LogP contribution in [0, 0.1) is 13.8 Å². The summed E-state index contributed by atoms with van der Waals surface area (Å²) < 4.78 is 17.9. The zero-order valence-corrected chi connectivity index (χ0v) is 16.4. The third kappa shape index (κ3) is 3.53. The van der Waals surface area contributed by atoms with Crippen LogP contribution >= 0.6 is 11.3 Å². The molecule has 4 rings (SSSR count). The lowest BCUT2D eigenvalue weighted by atomic mass is 10.1. The Morgan fingerprint density at radius 3 is 2.75 bits per heavy atom. The molecule has 0 atom stereocenters. The normalized spacial score (nSPS) is 12.2. The molecule has 0 N–H and O–H groups in total. The van der Waals surface area contributed by atoms with Gasteiger partial charge in [0.05, 0.1) is 12.1 Å². The van der Waals surface area contributed by atoms with Crippen molar-refractivity contribution in [1.29, 1.82) is 0 Å². The monoisotopic (exact) mass is 397 g/mol. The van der Waals surface area contributed by atoms with E-state index >= 15 is 0 Å². The summed E-state index contributed by atoms with van der Waals surface area (Å²) >= 11 is 1.67. The lowest BCUT2D eigenvalue weighted by Crippen LogP contribution is -2.15. The maximum atomic E-state index is 12.5. The second-order valence-electron chi connectivity index (χ2n) is 6.52. The summed E-state index contributed by atoms with van der Waals surface area (Å²) in [7, 11) is 0. The predicted molar refractivity (Wildman–Crippen MR) is 105 cm³/mol. The molecule has 0 saturated carbocycles. The molecule has 0 amide bonds. The fourth-order valence-electron chi connectivity index (χ4n) is 3.17. The van der Waals surface area contributed by atoms with Crippen LogP contribution in [0.5, 0.6) is 11.5 Å². The van der Waals surface area contributed by atoms with Gasteiger partial charge in [0, 0.05) is 21.8 Å². The van der Waals surface area contributed by atoms with Crippen LogP contribution in [0.1, 0.15) is 37.0 Å². The van der Waals surface area contributed by atoms with Crippen molar-refractivity contribution in [3.05, 3.63) is 69.2 Å². The number of esters is 1. The Balaban J connectivity index is 1.43. The molecule has 7 heteroatoms. The molecule has 1 aromatic carbocycles. The number of ketones is 1. The van der Waals surface area contributed by atoms with Gasteiger partial charge in [-0.2, -0.15) is 0 Å². The highest BCUT2D eigenvalue weighted by Crippen LogP contribution is 2.32. The van der Waals surface area contributed by atoms with Crippen LogP contribution in [-0.4, -0.2) is 29.7 Å². The number of thiophene rings is 1. The summed E-state index contributed by atoms with van der Waals surface area (Å²) in [5.74, 6) is 0.333. The quantitative estimate of drug-likeness (QED) is 0.465.